The van der Waals surface area contributed by atoms with Gasteiger partial charge >= 0.3 is 6.09 Å². The molecule has 2 aliphatic rings. The molecule has 2 aromatic carbocycles. The fourth-order valence-electron chi connectivity index (χ4n) is 2.85. The van der Waals surface area contributed by atoms with Crippen molar-refractivity contribution in [2.45, 2.75) is 0 Å². The van der Waals surface area contributed by atoms with Crippen LogP contribution in [-0.2, 0) is 4.74 Å². The zero-order valence-corrected chi connectivity index (χ0v) is 15.1. The maximum atomic E-state index is 12.5. The molecular weight excluding hydrogens is 370 g/mol. The van der Waals surface area contributed by atoms with E-state index in [1.54, 1.807) is 53.4 Å². The van der Waals surface area contributed by atoms with E-state index in [4.69, 9.17) is 25.8 Å². The highest BCUT2D eigenvalue weighted by Gasteiger charge is 2.28. The first-order valence-electron chi connectivity index (χ1n) is 8.48. The van der Waals surface area contributed by atoms with E-state index in [0.717, 1.165) is 5.56 Å². The van der Waals surface area contributed by atoms with Crippen molar-refractivity contribution in [2.75, 3.05) is 26.3 Å². The highest BCUT2D eigenvalue weighted by molar-refractivity contribution is 6.30. The summed E-state index contributed by atoms with van der Waals surface area (Å²) in [4.78, 5) is 26.3. The number of morpholine rings is 1. The predicted molar refractivity (Wildman–Crippen MR) is 99.2 cm³/mol. The number of carbonyl (C=O) groups excluding carboxylic acids is 2. The third kappa shape index (κ3) is 3.82. The minimum absolute atomic E-state index is 0.212. The van der Waals surface area contributed by atoms with Crippen LogP contribution in [0.2, 0.25) is 5.02 Å². The van der Waals surface area contributed by atoms with Crippen LogP contribution in [0.1, 0.15) is 15.9 Å². The summed E-state index contributed by atoms with van der Waals surface area (Å²) in [6.07, 6.45) is 1.21. The van der Waals surface area contributed by atoms with E-state index in [9.17, 15) is 9.59 Å². The maximum absolute atomic E-state index is 12.5. The van der Waals surface area contributed by atoms with E-state index in [1.807, 2.05) is 0 Å². The SMILES string of the molecule is O=C1/C(=C/c2ccc(Cl)cc2)Oc2cc(OC(=O)N3CCOCC3)ccc21. The van der Waals surface area contributed by atoms with Gasteiger partial charge in [0.1, 0.15) is 11.5 Å². The summed E-state index contributed by atoms with van der Waals surface area (Å²) >= 11 is 5.87. The van der Waals surface area contributed by atoms with Gasteiger partial charge in [-0.1, -0.05) is 23.7 Å². The quantitative estimate of drug-likeness (QED) is 0.736. The fraction of sp³-hybridized carbons (Fsp3) is 0.200. The summed E-state index contributed by atoms with van der Waals surface area (Å²) in [5.41, 5.74) is 1.23. The second-order valence-corrected chi connectivity index (χ2v) is 6.55. The standard InChI is InChI=1S/C20H16ClNO5/c21-14-3-1-13(2-4-14)11-18-19(23)16-6-5-15(12-17(16)27-18)26-20(24)22-7-9-25-10-8-22/h1-6,11-12H,7-10H2/b18-11-. The van der Waals surface area contributed by atoms with Gasteiger partial charge in [0.25, 0.3) is 0 Å². The fourth-order valence-corrected chi connectivity index (χ4v) is 2.98. The summed E-state index contributed by atoms with van der Waals surface area (Å²) in [5.74, 6) is 0.688. The Bertz CT molecular complexity index is 916. The van der Waals surface area contributed by atoms with Crippen molar-refractivity contribution in [2.24, 2.45) is 0 Å². The summed E-state index contributed by atoms with van der Waals surface area (Å²) in [6.45, 7) is 1.98. The number of ketones is 1. The Kier molecular flexibility index (Phi) is 4.83. The van der Waals surface area contributed by atoms with Gasteiger partial charge < -0.3 is 19.1 Å². The summed E-state index contributed by atoms with van der Waals surface area (Å²) < 4.78 is 16.3. The van der Waals surface area contributed by atoms with Crippen LogP contribution in [0.15, 0.2) is 48.2 Å². The lowest BCUT2D eigenvalue weighted by Gasteiger charge is -2.25. The van der Waals surface area contributed by atoms with Crippen LogP contribution in [0.25, 0.3) is 6.08 Å². The zero-order valence-electron chi connectivity index (χ0n) is 14.3. The number of carbonyl (C=O) groups is 2. The summed E-state index contributed by atoms with van der Waals surface area (Å²) in [6, 6.07) is 11.8. The van der Waals surface area contributed by atoms with E-state index >= 15 is 0 Å². The van der Waals surface area contributed by atoms with Crippen molar-refractivity contribution in [1.29, 1.82) is 0 Å². The molecule has 2 aromatic rings. The molecule has 2 aliphatic heterocycles. The van der Waals surface area contributed by atoms with E-state index < -0.39 is 6.09 Å². The Labute approximate surface area is 160 Å². The third-order valence-corrected chi connectivity index (χ3v) is 4.54. The highest BCUT2D eigenvalue weighted by atomic mass is 35.5. The van der Waals surface area contributed by atoms with Crippen molar-refractivity contribution in [3.8, 4) is 11.5 Å². The molecule has 1 amide bonds. The number of benzene rings is 2. The molecule has 6 nitrogen and oxygen atoms in total. The van der Waals surface area contributed by atoms with Gasteiger partial charge in [-0.15, -0.1) is 0 Å². The first-order valence-corrected chi connectivity index (χ1v) is 8.86. The molecule has 0 saturated carbocycles. The number of amides is 1. The van der Waals surface area contributed by atoms with Crippen molar-refractivity contribution in [3.05, 3.63) is 64.4 Å². The Morgan fingerprint density at radius 3 is 2.59 bits per heavy atom. The van der Waals surface area contributed by atoms with Crippen molar-refractivity contribution >= 4 is 29.6 Å². The van der Waals surface area contributed by atoms with Gasteiger partial charge in [-0.3, -0.25) is 4.79 Å². The van der Waals surface area contributed by atoms with E-state index in [1.165, 1.54) is 0 Å². The molecule has 138 valence electrons. The smallest absolute Gasteiger partial charge is 0.415 e. The second-order valence-electron chi connectivity index (χ2n) is 6.12. The molecule has 0 unspecified atom stereocenters. The zero-order chi connectivity index (χ0) is 18.8. The van der Waals surface area contributed by atoms with Crippen LogP contribution in [0.5, 0.6) is 11.5 Å². The first kappa shape index (κ1) is 17.6. The van der Waals surface area contributed by atoms with Gasteiger partial charge in [-0.25, -0.2) is 4.79 Å². The number of fused-ring (bicyclic) bond motifs is 1. The Morgan fingerprint density at radius 2 is 1.85 bits per heavy atom. The number of hydrogen-bond acceptors (Lipinski definition) is 5. The molecule has 0 N–H and O–H groups in total. The van der Waals surface area contributed by atoms with E-state index in [0.29, 0.717) is 48.4 Å². The van der Waals surface area contributed by atoms with E-state index in [2.05, 4.69) is 0 Å². The molecular formula is C20H16ClNO5. The summed E-state index contributed by atoms with van der Waals surface area (Å²) in [7, 11) is 0. The molecule has 0 spiro atoms. The number of Topliss-reactive ketones (excluding diaryl/α,β-unsaturated/α-hetero) is 1. The second kappa shape index (κ2) is 7.42. The number of allylic oxidation sites excluding steroid dienone is 1. The average Bonchev–Trinajstić information content (AvgIpc) is 2.99. The first-order chi connectivity index (χ1) is 13.1. The van der Waals surface area contributed by atoms with Gasteiger partial charge in [0, 0.05) is 24.2 Å². The normalized spacial score (nSPS) is 17.6. The van der Waals surface area contributed by atoms with Crippen LogP contribution >= 0.6 is 11.6 Å². The molecule has 2 heterocycles. The van der Waals surface area contributed by atoms with Gasteiger partial charge in [0.2, 0.25) is 5.78 Å². The predicted octanol–water partition coefficient (Wildman–Crippen LogP) is 3.79. The number of nitrogens with zero attached hydrogens (tertiary/aromatic N) is 1. The van der Waals surface area contributed by atoms with E-state index in [-0.39, 0.29) is 11.5 Å². The Hall–Kier alpha value is -2.83. The third-order valence-electron chi connectivity index (χ3n) is 4.28. The maximum Gasteiger partial charge on any atom is 0.415 e. The molecule has 0 radical (unpaired) electrons. The van der Waals surface area contributed by atoms with Gasteiger partial charge in [-0.05, 0) is 35.9 Å². The lowest BCUT2D eigenvalue weighted by Crippen LogP contribution is -2.42. The lowest BCUT2D eigenvalue weighted by molar-refractivity contribution is 0.0416. The Morgan fingerprint density at radius 1 is 1.11 bits per heavy atom. The van der Waals surface area contributed by atoms with Crippen LogP contribution in [-0.4, -0.2) is 43.1 Å². The topological polar surface area (TPSA) is 65.1 Å². The van der Waals surface area contributed by atoms with Crippen LogP contribution in [0, 0.1) is 0 Å². The largest absolute Gasteiger partial charge is 0.452 e. The van der Waals surface area contributed by atoms with Gasteiger partial charge in [-0.2, -0.15) is 0 Å². The van der Waals surface area contributed by atoms with Crippen LogP contribution in [0.3, 0.4) is 0 Å². The summed E-state index contributed by atoms with van der Waals surface area (Å²) in [5, 5.41) is 0.617. The molecule has 0 aromatic heterocycles. The minimum Gasteiger partial charge on any atom is -0.452 e. The monoisotopic (exact) mass is 385 g/mol. The van der Waals surface area contributed by atoms with Crippen molar-refractivity contribution in [3.63, 3.8) is 0 Å². The molecule has 7 heteroatoms. The van der Waals surface area contributed by atoms with Gasteiger partial charge in [0.05, 0.1) is 18.8 Å². The molecule has 0 aliphatic carbocycles. The lowest BCUT2D eigenvalue weighted by atomic mass is 10.1. The molecule has 0 bridgehead atoms. The minimum atomic E-state index is -0.445. The van der Waals surface area contributed by atoms with Crippen LogP contribution < -0.4 is 9.47 Å². The molecule has 4 rings (SSSR count). The molecule has 0 atom stereocenters. The van der Waals surface area contributed by atoms with Crippen molar-refractivity contribution in [1.82, 2.24) is 4.90 Å². The number of ether oxygens (including phenoxy) is 3. The Balaban J connectivity index is 1.50. The van der Waals surface area contributed by atoms with Crippen molar-refractivity contribution < 1.29 is 23.8 Å². The number of halogens is 1. The molecule has 1 fully saturated rings. The van der Waals surface area contributed by atoms with Crippen LogP contribution in [0.4, 0.5) is 4.79 Å². The molecule has 27 heavy (non-hydrogen) atoms. The number of hydrogen-bond donors (Lipinski definition) is 0. The van der Waals surface area contributed by atoms with Gasteiger partial charge in [0.15, 0.2) is 5.76 Å². The number of rotatable bonds is 2. The molecule has 1 saturated heterocycles. The average molecular weight is 386 g/mol. The highest BCUT2D eigenvalue weighted by Crippen LogP contribution is 2.35.